The van der Waals surface area contributed by atoms with E-state index >= 15 is 0 Å². The van der Waals surface area contributed by atoms with Crippen molar-refractivity contribution in [2.75, 3.05) is 0 Å². The molecule has 2 unspecified atom stereocenters. The van der Waals surface area contributed by atoms with Gasteiger partial charge in [0.25, 0.3) is 0 Å². The summed E-state index contributed by atoms with van der Waals surface area (Å²) in [6.07, 6.45) is 2.85. The third-order valence-electron chi connectivity index (χ3n) is 3.97. The van der Waals surface area contributed by atoms with E-state index in [1.165, 1.54) is 16.8 Å². The van der Waals surface area contributed by atoms with E-state index in [1.54, 1.807) is 0 Å². The zero-order chi connectivity index (χ0) is 14.0. The highest BCUT2D eigenvalue weighted by Gasteiger charge is 2.23. The lowest BCUT2D eigenvalue weighted by Crippen LogP contribution is -2.33. The van der Waals surface area contributed by atoms with Crippen LogP contribution in [-0.4, -0.2) is 15.6 Å². The molecular formula is C16H23N3. The van der Waals surface area contributed by atoms with Gasteiger partial charge >= 0.3 is 0 Å². The highest BCUT2D eigenvalue weighted by molar-refractivity contribution is 5.31. The van der Waals surface area contributed by atoms with Gasteiger partial charge in [-0.15, -0.1) is 0 Å². The summed E-state index contributed by atoms with van der Waals surface area (Å²) < 4.78 is 2.21. The van der Waals surface area contributed by atoms with Crippen LogP contribution in [0.25, 0.3) is 0 Å². The number of benzene rings is 1. The van der Waals surface area contributed by atoms with Crippen LogP contribution < -0.4 is 5.73 Å². The summed E-state index contributed by atoms with van der Waals surface area (Å²) in [4.78, 5) is 4.42. The van der Waals surface area contributed by atoms with Gasteiger partial charge in [-0.05, 0) is 38.3 Å². The maximum Gasteiger partial charge on any atom is 0.0957 e. The molecular weight excluding hydrogens is 234 g/mol. The second-order valence-electron chi connectivity index (χ2n) is 5.20. The number of nitrogens with two attached hydrogens (primary N) is 1. The number of aromatic nitrogens is 2. The number of hydrogen-bond donors (Lipinski definition) is 1. The average molecular weight is 257 g/mol. The topological polar surface area (TPSA) is 43.8 Å². The molecule has 3 heteroatoms. The van der Waals surface area contributed by atoms with Gasteiger partial charge in [-0.25, -0.2) is 4.98 Å². The Hall–Kier alpha value is -1.61. The maximum absolute atomic E-state index is 6.38. The van der Waals surface area contributed by atoms with Crippen LogP contribution in [0.15, 0.2) is 30.6 Å². The molecule has 0 aliphatic carbocycles. The molecule has 0 amide bonds. The highest BCUT2D eigenvalue weighted by atomic mass is 15.1. The molecule has 0 saturated heterocycles. The molecule has 3 nitrogen and oxygen atoms in total. The first-order valence-corrected chi connectivity index (χ1v) is 6.87. The minimum atomic E-state index is 0.0911. The average Bonchev–Trinajstić information content (AvgIpc) is 2.73. The molecule has 1 heterocycles. The van der Waals surface area contributed by atoms with E-state index in [4.69, 9.17) is 5.73 Å². The van der Waals surface area contributed by atoms with E-state index in [9.17, 15) is 0 Å². The van der Waals surface area contributed by atoms with Gasteiger partial charge in [0, 0.05) is 11.7 Å². The van der Waals surface area contributed by atoms with Crippen LogP contribution in [0.3, 0.4) is 0 Å². The largest absolute Gasteiger partial charge is 0.326 e. The fourth-order valence-corrected chi connectivity index (χ4v) is 2.52. The molecule has 0 aliphatic heterocycles. The van der Waals surface area contributed by atoms with Crippen molar-refractivity contribution in [1.29, 1.82) is 0 Å². The van der Waals surface area contributed by atoms with E-state index in [1.807, 2.05) is 13.3 Å². The normalized spacial score (nSPS) is 14.4. The summed E-state index contributed by atoms with van der Waals surface area (Å²) in [6, 6.07) is 8.71. The SMILES string of the molecule is CCC(N)C(c1ccccc1C)n1cnc(C)c1C. The monoisotopic (exact) mass is 257 g/mol. The number of hydrogen-bond acceptors (Lipinski definition) is 2. The van der Waals surface area contributed by atoms with Crippen LogP contribution in [0.5, 0.6) is 0 Å². The van der Waals surface area contributed by atoms with Crippen molar-refractivity contribution in [3.63, 3.8) is 0 Å². The summed E-state index contributed by atoms with van der Waals surface area (Å²) in [6.45, 7) is 8.42. The third kappa shape index (κ3) is 2.56. The molecule has 2 aromatic rings. The molecule has 0 spiro atoms. The Morgan fingerprint density at radius 2 is 1.89 bits per heavy atom. The fourth-order valence-electron chi connectivity index (χ4n) is 2.52. The van der Waals surface area contributed by atoms with Gasteiger partial charge in [0.1, 0.15) is 0 Å². The number of imidazole rings is 1. The molecule has 2 rings (SSSR count). The maximum atomic E-state index is 6.38. The molecule has 0 saturated carbocycles. The van der Waals surface area contributed by atoms with Gasteiger partial charge in [0.2, 0.25) is 0 Å². The summed E-state index contributed by atoms with van der Waals surface area (Å²) in [5.74, 6) is 0. The van der Waals surface area contributed by atoms with Gasteiger partial charge in [-0.1, -0.05) is 31.2 Å². The van der Waals surface area contributed by atoms with Crippen LogP contribution in [0.2, 0.25) is 0 Å². The number of rotatable bonds is 4. The van der Waals surface area contributed by atoms with E-state index in [0.717, 1.165) is 12.1 Å². The lowest BCUT2D eigenvalue weighted by atomic mass is 9.94. The first-order valence-electron chi connectivity index (χ1n) is 6.87. The second kappa shape index (κ2) is 5.57. The molecule has 0 bridgehead atoms. The van der Waals surface area contributed by atoms with E-state index in [-0.39, 0.29) is 12.1 Å². The molecule has 1 aromatic carbocycles. The van der Waals surface area contributed by atoms with Crippen molar-refractivity contribution in [2.24, 2.45) is 5.73 Å². The molecule has 19 heavy (non-hydrogen) atoms. The molecule has 102 valence electrons. The Bertz CT molecular complexity index is 557. The fraction of sp³-hybridized carbons (Fsp3) is 0.438. The molecule has 0 radical (unpaired) electrons. The van der Waals surface area contributed by atoms with E-state index in [0.29, 0.717) is 0 Å². The minimum absolute atomic E-state index is 0.0911. The van der Waals surface area contributed by atoms with Crippen LogP contribution in [0, 0.1) is 20.8 Å². The lowest BCUT2D eigenvalue weighted by molar-refractivity contribution is 0.450. The zero-order valence-corrected chi connectivity index (χ0v) is 12.2. The molecule has 2 atom stereocenters. The molecule has 0 fully saturated rings. The number of aryl methyl sites for hydroxylation is 2. The summed E-state index contributed by atoms with van der Waals surface area (Å²) in [5, 5.41) is 0. The van der Waals surface area contributed by atoms with Gasteiger partial charge in [0.15, 0.2) is 0 Å². The quantitative estimate of drug-likeness (QED) is 0.914. The summed E-state index contributed by atoms with van der Waals surface area (Å²) in [7, 11) is 0. The first-order chi connectivity index (χ1) is 9.06. The summed E-state index contributed by atoms with van der Waals surface area (Å²) in [5.41, 5.74) is 11.2. The smallest absolute Gasteiger partial charge is 0.0957 e. The first kappa shape index (κ1) is 13.8. The van der Waals surface area contributed by atoms with Crippen LogP contribution >= 0.6 is 0 Å². The third-order valence-corrected chi connectivity index (χ3v) is 3.97. The van der Waals surface area contributed by atoms with Crippen molar-refractivity contribution >= 4 is 0 Å². The van der Waals surface area contributed by atoms with Crippen molar-refractivity contribution in [3.8, 4) is 0 Å². The standard InChI is InChI=1S/C16H23N3/c1-5-15(17)16(14-9-7-6-8-11(14)2)19-10-18-12(3)13(19)4/h6-10,15-16H,5,17H2,1-4H3. The Morgan fingerprint density at radius 1 is 1.21 bits per heavy atom. The molecule has 2 N–H and O–H groups in total. The van der Waals surface area contributed by atoms with Crippen molar-refractivity contribution in [1.82, 2.24) is 9.55 Å². The zero-order valence-electron chi connectivity index (χ0n) is 12.2. The predicted molar refractivity (Wildman–Crippen MR) is 79.3 cm³/mol. The predicted octanol–water partition coefficient (Wildman–Crippen LogP) is 3.14. The number of nitrogens with zero attached hydrogens (tertiary/aromatic N) is 2. The Kier molecular flexibility index (Phi) is 4.05. The summed E-state index contributed by atoms with van der Waals surface area (Å²) >= 11 is 0. The van der Waals surface area contributed by atoms with Gasteiger partial charge in [-0.2, -0.15) is 0 Å². The van der Waals surface area contributed by atoms with E-state index < -0.39 is 0 Å². The van der Waals surface area contributed by atoms with Crippen molar-refractivity contribution < 1.29 is 0 Å². The Balaban J connectivity index is 2.54. The van der Waals surface area contributed by atoms with E-state index in [2.05, 4.69) is 54.6 Å². The van der Waals surface area contributed by atoms with Crippen LogP contribution in [0.1, 0.15) is 41.9 Å². The van der Waals surface area contributed by atoms with Crippen LogP contribution in [0.4, 0.5) is 0 Å². The Labute approximate surface area is 115 Å². The van der Waals surface area contributed by atoms with Gasteiger partial charge < -0.3 is 10.3 Å². The highest BCUT2D eigenvalue weighted by Crippen LogP contribution is 2.27. The minimum Gasteiger partial charge on any atom is -0.326 e. The molecule has 1 aromatic heterocycles. The molecule has 0 aliphatic rings. The Morgan fingerprint density at radius 3 is 2.42 bits per heavy atom. The second-order valence-corrected chi connectivity index (χ2v) is 5.20. The van der Waals surface area contributed by atoms with Crippen molar-refractivity contribution in [3.05, 3.63) is 53.1 Å². The van der Waals surface area contributed by atoms with Gasteiger partial charge in [-0.3, -0.25) is 0 Å². The lowest BCUT2D eigenvalue weighted by Gasteiger charge is -2.27. The van der Waals surface area contributed by atoms with Crippen molar-refractivity contribution in [2.45, 2.75) is 46.2 Å². The van der Waals surface area contributed by atoms with Gasteiger partial charge in [0.05, 0.1) is 18.1 Å². The van der Waals surface area contributed by atoms with Crippen LogP contribution in [-0.2, 0) is 0 Å².